The predicted octanol–water partition coefficient (Wildman–Crippen LogP) is 3.55. The summed E-state index contributed by atoms with van der Waals surface area (Å²) in [5.41, 5.74) is 0. The minimum absolute atomic E-state index is 0.0162. The van der Waals surface area contributed by atoms with Crippen LogP contribution in [0.15, 0.2) is 68.1 Å². The van der Waals surface area contributed by atoms with Crippen molar-refractivity contribution in [2.24, 2.45) is 0 Å². The molecule has 0 amide bonds. The zero-order valence-electron chi connectivity index (χ0n) is 8.22. The third-order valence-corrected chi connectivity index (χ3v) is 8.58. The van der Waals surface area contributed by atoms with Gasteiger partial charge < -0.3 is 0 Å². The second-order valence-electron chi connectivity index (χ2n) is 3.42. The van der Waals surface area contributed by atoms with Gasteiger partial charge in [-0.2, -0.15) is 0 Å². The van der Waals surface area contributed by atoms with Gasteiger partial charge in [0.05, 0.1) is 10.8 Å². The molecule has 0 N–H and O–H groups in total. The summed E-state index contributed by atoms with van der Waals surface area (Å²) in [7, 11) is -0.992. The predicted molar refractivity (Wildman–Crippen MR) is 75.5 cm³/mol. The highest BCUT2D eigenvalue weighted by Crippen LogP contribution is 2.42. The van der Waals surface area contributed by atoms with Gasteiger partial charge in [-0.15, -0.1) is 0 Å². The Morgan fingerprint density at radius 3 is 1.81 bits per heavy atom. The lowest BCUT2D eigenvalue weighted by atomic mass is 10.3. The molecule has 0 saturated carbocycles. The molecule has 0 bridgehead atoms. The van der Waals surface area contributed by atoms with Crippen LogP contribution in [0, 0.1) is 0 Å². The monoisotopic (exact) mass is 359 g/mol. The molecule has 1 nitrogen and oxygen atoms in total. The van der Waals surface area contributed by atoms with Crippen molar-refractivity contribution in [3.63, 3.8) is 0 Å². The lowest BCUT2D eigenvalue weighted by Crippen LogP contribution is -2.11. The van der Waals surface area contributed by atoms with Gasteiger partial charge in [0.2, 0.25) is 0 Å². The first-order chi connectivity index (χ1) is 7.79. The molecule has 80 valence electrons. The highest BCUT2D eigenvalue weighted by molar-refractivity contribution is 14.2. The largest absolute Gasteiger partial charge is 0.264 e. The van der Waals surface area contributed by atoms with Crippen LogP contribution in [0.2, 0.25) is 0 Å². The number of hydrogen-bond donors (Lipinski definition) is 0. The van der Waals surface area contributed by atoms with Crippen LogP contribution in [0.25, 0.3) is 0 Å². The van der Waals surface area contributed by atoms with Crippen LogP contribution in [0.5, 0.6) is 0 Å². The first-order valence-electron chi connectivity index (χ1n) is 4.79. The molecule has 16 heavy (non-hydrogen) atoms. The van der Waals surface area contributed by atoms with E-state index in [4.69, 9.17) is 0 Å². The fraction of sp³-hybridized carbons (Fsp3) is 0. The molecule has 4 heteroatoms. The van der Waals surface area contributed by atoms with Crippen molar-refractivity contribution < 1.29 is 4.21 Å². The van der Waals surface area contributed by atoms with Crippen molar-refractivity contribution in [3.05, 3.63) is 48.5 Å². The lowest BCUT2D eigenvalue weighted by molar-refractivity contribution is 0.679. The van der Waals surface area contributed by atoms with E-state index >= 15 is 0 Å². The molecule has 3 rings (SSSR count). The molecule has 1 aliphatic heterocycles. The summed E-state index contributed by atoms with van der Waals surface area (Å²) < 4.78 is 12.4. The van der Waals surface area contributed by atoms with E-state index in [0.29, 0.717) is 0 Å². The average molecular weight is 359 g/mol. The van der Waals surface area contributed by atoms with E-state index in [9.17, 15) is 4.21 Å². The first-order valence-corrected chi connectivity index (χ1v) is 9.71. The summed E-state index contributed by atoms with van der Waals surface area (Å²) in [6, 6.07) is 16.1. The number of fused-ring (bicyclic) bond motifs is 2. The zero-order valence-corrected chi connectivity index (χ0v) is 12.0. The van der Waals surface area contributed by atoms with Gasteiger partial charge in [-0.3, -0.25) is 0 Å². The fourth-order valence-electron chi connectivity index (χ4n) is 1.74. The fourth-order valence-corrected chi connectivity index (χ4v) is 8.16. The minimum atomic E-state index is -1.01. The van der Waals surface area contributed by atoms with Gasteiger partial charge in [0, 0.05) is 0 Å². The van der Waals surface area contributed by atoms with E-state index in [0.717, 1.165) is 9.79 Å². The molecule has 0 spiro atoms. The van der Waals surface area contributed by atoms with Crippen molar-refractivity contribution in [1.29, 1.82) is 0 Å². The second-order valence-corrected chi connectivity index (χ2v) is 8.87. The maximum absolute atomic E-state index is 12.4. The maximum atomic E-state index is 12.4. The van der Waals surface area contributed by atoms with Gasteiger partial charge in [-0.25, -0.2) is 4.21 Å². The Balaban J connectivity index is 2.30. The van der Waals surface area contributed by atoms with Crippen LogP contribution in [0.4, 0.5) is 0 Å². The minimum Gasteiger partial charge on any atom is -0.249 e. The Hall–Kier alpha value is -0.330. The molecule has 2 aromatic rings. The van der Waals surface area contributed by atoms with Gasteiger partial charge >= 0.3 is 0 Å². The summed E-state index contributed by atoms with van der Waals surface area (Å²) >= 11 is 2.44. The Labute approximate surface area is 112 Å². The molecular weight excluding hydrogens is 351 g/mol. The number of halogens is 1. The third kappa shape index (κ3) is 1.55. The van der Waals surface area contributed by atoms with E-state index in [2.05, 4.69) is 33.3 Å². The van der Waals surface area contributed by atoms with Crippen LogP contribution in [0.3, 0.4) is 0 Å². The molecule has 1 heterocycles. The summed E-state index contributed by atoms with van der Waals surface area (Å²) in [5.74, 6) is 0. The van der Waals surface area contributed by atoms with E-state index in [1.165, 1.54) is 9.79 Å². The number of rotatable bonds is 0. The molecule has 0 aliphatic carbocycles. The van der Waals surface area contributed by atoms with E-state index < -0.39 is 10.8 Å². The Morgan fingerprint density at radius 1 is 0.875 bits per heavy atom. The van der Waals surface area contributed by atoms with Crippen LogP contribution in [0.1, 0.15) is 0 Å². The molecular formula is C12H8IOS2+. The summed E-state index contributed by atoms with van der Waals surface area (Å²) in [6.07, 6.45) is 0. The molecule has 0 fully saturated rings. The van der Waals surface area contributed by atoms with Crippen LogP contribution < -0.4 is 0 Å². The third-order valence-electron chi connectivity index (χ3n) is 2.48. The molecule has 0 atom stereocenters. The van der Waals surface area contributed by atoms with Crippen molar-refractivity contribution in [2.45, 2.75) is 19.6 Å². The topological polar surface area (TPSA) is 17.1 Å². The Kier molecular flexibility index (Phi) is 2.81. The summed E-state index contributed by atoms with van der Waals surface area (Å²) in [6.45, 7) is 0. The normalized spacial score (nSPS) is 22.3. The molecule has 1 aliphatic rings. The van der Waals surface area contributed by atoms with Gasteiger partial charge in [0.15, 0.2) is 9.79 Å². The van der Waals surface area contributed by atoms with Gasteiger partial charge in [0.1, 0.15) is 17.9 Å². The molecule has 0 aromatic heterocycles. The van der Waals surface area contributed by atoms with Crippen molar-refractivity contribution in [2.75, 3.05) is 0 Å². The van der Waals surface area contributed by atoms with Crippen LogP contribution in [-0.4, -0.2) is 4.21 Å². The quantitative estimate of drug-likeness (QED) is 0.519. The highest BCUT2D eigenvalue weighted by Gasteiger charge is 2.37. The second kappa shape index (κ2) is 4.16. The van der Waals surface area contributed by atoms with Crippen molar-refractivity contribution in [3.8, 4) is 0 Å². The Bertz CT molecular complexity index is 533. The average Bonchev–Trinajstić information content (AvgIpc) is 2.36. The Morgan fingerprint density at radius 2 is 1.31 bits per heavy atom. The summed E-state index contributed by atoms with van der Waals surface area (Å²) in [4.78, 5) is 4.36. The van der Waals surface area contributed by atoms with Gasteiger partial charge in [-0.1, -0.05) is 24.3 Å². The van der Waals surface area contributed by atoms with E-state index in [-0.39, 0.29) is 8.07 Å². The SMILES string of the molecule is O=S1c2ccccc2[S+](I)c2ccccc21. The van der Waals surface area contributed by atoms with Crippen molar-refractivity contribution >= 4 is 40.1 Å². The molecule has 0 unspecified atom stereocenters. The molecule has 0 saturated heterocycles. The van der Waals surface area contributed by atoms with Crippen molar-refractivity contribution in [1.82, 2.24) is 0 Å². The molecule has 2 aromatic carbocycles. The number of benzene rings is 2. The van der Waals surface area contributed by atoms with E-state index in [1.54, 1.807) is 0 Å². The zero-order chi connectivity index (χ0) is 11.1. The van der Waals surface area contributed by atoms with Gasteiger partial charge in [-0.05, 0) is 24.3 Å². The first kappa shape index (κ1) is 10.8. The van der Waals surface area contributed by atoms with E-state index in [1.807, 2.05) is 36.4 Å². The maximum Gasteiger partial charge on any atom is 0.264 e. The molecule has 0 radical (unpaired) electrons. The number of hydrogen-bond acceptors (Lipinski definition) is 1. The lowest BCUT2D eigenvalue weighted by Gasteiger charge is -2.14. The smallest absolute Gasteiger partial charge is 0.249 e. The van der Waals surface area contributed by atoms with Crippen LogP contribution >= 0.6 is 21.2 Å². The van der Waals surface area contributed by atoms with Crippen LogP contribution in [-0.2, 0) is 18.9 Å². The highest BCUT2D eigenvalue weighted by atomic mass is 127. The standard InChI is InChI=1S/C12H8IOS2/c13-15-9-5-1-3-7-11(9)16(14)12-8-4-2-6-10(12)15/h1-8H/q+1. The summed E-state index contributed by atoms with van der Waals surface area (Å²) in [5, 5.41) is 0. The van der Waals surface area contributed by atoms with Gasteiger partial charge in [0.25, 0.3) is 21.2 Å².